The molecular formula is C12H17N3O3S. The number of anilines is 1. The molecule has 1 saturated heterocycles. The lowest BCUT2D eigenvalue weighted by Crippen LogP contribution is -2.40. The summed E-state index contributed by atoms with van der Waals surface area (Å²) in [4.78, 5) is 28.4. The summed E-state index contributed by atoms with van der Waals surface area (Å²) in [5.41, 5.74) is 0.472. The lowest BCUT2D eigenvalue weighted by molar-refractivity contribution is -0.136. The molecule has 1 aromatic heterocycles. The van der Waals surface area contributed by atoms with E-state index >= 15 is 0 Å². The summed E-state index contributed by atoms with van der Waals surface area (Å²) in [6.45, 7) is 3.72. The van der Waals surface area contributed by atoms with Crippen LogP contribution in [0.4, 0.5) is 9.93 Å². The number of amides is 2. The minimum atomic E-state index is -0.923. The third kappa shape index (κ3) is 3.92. The molecule has 0 bridgehead atoms. The van der Waals surface area contributed by atoms with Gasteiger partial charge < -0.3 is 10.0 Å². The molecule has 0 atom stereocenters. The van der Waals surface area contributed by atoms with Crippen molar-refractivity contribution in [3.8, 4) is 0 Å². The molecule has 0 saturated carbocycles. The van der Waals surface area contributed by atoms with Crippen LogP contribution in [0.15, 0.2) is 5.38 Å². The second kappa shape index (κ2) is 6.01. The van der Waals surface area contributed by atoms with Crippen molar-refractivity contribution in [1.29, 1.82) is 0 Å². The zero-order chi connectivity index (χ0) is 13.8. The van der Waals surface area contributed by atoms with Crippen LogP contribution in [0.5, 0.6) is 0 Å². The molecule has 0 aliphatic carbocycles. The number of carboxylic acid groups (broad SMARTS) is 1. The van der Waals surface area contributed by atoms with Crippen LogP contribution < -0.4 is 5.32 Å². The molecule has 2 N–H and O–H groups in total. The predicted molar refractivity (Wildman–Crippen MR) is 72.4 cm³/mol. The second-order valence-electron chi connectivity index (χ2n) is 4.81. The van der Waals surface area contributed by atoms with Gasteiger partial charge in [0.05, 0.1) is 12.1 Å². The Morgan fingerprint density at radius 1 is 1.53 bits per heavy atom. The van der Waals surface area contributed by atoms with Crippen LogP contribution in [0.25, 0.3) is 0 Å². The van der Waals surface area contributed by atoms with Crippen molar-refractivity contribution < 1.29 is 14.7 Å². The number of urea groups is 1. The smallest absolute Gasteiger partial charge is 0.323 e. The van der Waals surface area contributed by atoms with Gasteiger partial charge in [0, 0.05) is 18.5 Å². The summed E-state index contributed by atoms with van der Waals surface area (Å²) in [7, 11) is 0. The van der Waals surface area contributed by atoms with Crippen molar-refractivity contribution in [1.82, 2.24) is 9.88 Å². The van der Waals surface area contributed by atoms with E-state index in [2.05, 4.69) is 17.2 Å². The number of carbonyl (C=O) groups excluding carboxylic acids is 1. The summed E-state index contributed by atoms with van der Waals surface area (Å²) < 4.78 is 0. The van der Waals surface area contributed by atoms with Gasteiger partial charge in [-0.25, -0.2) is 9.78 Å². The molecule has 1 fully saturated rings. The molecule has 104 valence electrons. The highest BCUT2D eigenvalue weighted by atomic mass is 32.1. The van der Waals surface area contributed by atoms with Gasteiger partial charge in [-0.15, -0.1) is 11.3 Å². The molecule has 19 heavy (non-hydrogen) atoms. The fourth-order valence-corrected chi connectivity index (χ4v) is 2.68. The van der Waals surface area contributed by atoms with Gasteiger partial charge in [0.2, 0.25) is 0 Å². The first-order chi connectivity index (χ1) is 9.04. The minimum absolute atomic E-state index is 0.117. The average molecular weight is 283 g/mol. The van der Waals surface area contributed by atoms with Gasteiger partial charge in [0.1, 0.15) is 0 Å². The number of nitrogens with zero attached hydrogens (tertiary/aromatic N) is 2. The van der Waals surface area contributed by atoms with E-state index in [4.69, 9.17) is 5.11 Å². The second-order valence-corrected chi connectivity index (χ2v) is 5.67. The zero-order valence-corrected chi connectivity index (χ0v) is 11.6. The Morgan fingerprint density at radius 2 is 2.21 bits per heavy atom. The molecule has 1 aliphatic rings. The fourth-order valence-electron chi connectivity index (χ4n) is 1.98. The molecule has 0 radical (unpaired) electrons. The monoisotopic (exact) mass is 283 g/mol. The molecule has 6 nitrogen and oxygen atoms in total. The number of likely N-dealkylation sites (tertiary alicyclic amines) is 1. The third-order valence-corrected chi connectivity index (χ3v) is 3.98. The Labute approximate surface area is 115 Å². The molecule has 7 heteroatoms. The summed E-state index contributed by atoms with van der Waals surface area (Å²) in [6, 6.07) is -0.150. The van der Waals surface area contributed by atoms with Crippen molar-refractivity contribution in [3.63, 3.8) is 0 Å². The molecule has 2 heterocycles. The highest BCUT2D eigenvalue weighted by molar-refractivity contribution is 7.13. The van der Waals surface area contributed by atoms with E-state index < -0.39 is 5.97 Å². The minimum Gasteiger partial charge on any atom is -0.481 e. The van der Waals surface area contributed by atoms with E-state index in [1.165, 1.54) is 11.3 Å². The standard InChI is InChI=1S/C12H17N3O3S/c1-8-2-4-15(5-3-8)12(18)14-11-13-9(7-19-11)6-10(16)17/h7-8H,2-6H2,1H3,(H,16,17)(H,13,14,18). The number of piperidine rings is 1. The van der Waals surface area contributed by atoms with Gasteiger partial charge >= 0.3 is 12.0 Å². The summed E-state index contributed by atoms with van der Waals surface area (Å²) >= 11 is 1.25. The van der Waals surface area contributed by atoms with E-state index in [1.807, 2.05) is 0 Å². The molecule has 1 aliphatic heterocycles. The van der Waals surface area contributed by atoms with E-state index in [0.717, 1.165) is 25.9 Å². The van der Waals surface area contributed by atoms with Gasteiger partial charge in [0.25, 0.3) is 0 Å². The molecule has 0 spiro atoms. The van der Waals surface area contributed by atoms with Crippen molar-refractivity contribution in [2.45, 2.75) is 26.2 Å². The van der Waals surface area contributed by atoms with E-state index in [-0.39, 0.29) is 12.5 Å². The van der Waals surface area contributed by atoms with Crippen LogP contribution in [0.1, 0.15) is 25.5 Å². The van der Waals surface area contributed by atoms with Crippen LogP contribution >= 0.6 is 11.3 Å². The maximum absolute atomic E-state index is 12.0. The summed E-state index contributed by atoms with van der Waals surface area (Å²) in [5.74, 6) is -0.251. The Bertz CT molecular complexity index is 467. The Balaban J connectivity index is 1.88. The predicted octanol–water partition coefficient (Wildman–Crippen LogP) is 2.03. The van der Waals surface area contributed by atoms with Crippen molar-refractivity contribution >= 4 is 28.5 Å². The van der Waals surface area contributed by atoms with Crippen molar-refractivity contribution in [2.24, 2.45) is 5.92 Å². The van der Waals surface area contributed by atoms with Crippen LogP contribution in [0.2, 0.25) is 0 Å². The lowest BCUT2D eigenvalue weighted by Gasteiger charge is -2.29. The maximum Gasteiger partial charge on any atom is 0.323 e. The number of aromatic nitrogens is 1. The van der Waals surface area contributed by atoms with Crippen molar-refractivity contribution in [3.05, 3.63) is 11.1 Å². The number of carboxylic acids is 1. The normalized spacial score (nSPS) is 16.4. The Morgan fingerprint density at radius 3 is 2.84 bits per heavy atom. The topological polar surface area (TPSA) is 82.5 Å². The third-order valence-electron chi connectivity index (χ3n) is 3.17. The lowest BCUT2D eigenvalue weighted by atomic mass is 10.00. The van der Waals surface area contributed by atoms with Crippen molar-refractivity contribution in [2.75, 3.05) is 18.4 Å². The summed E-state index contributed by atoms with van der Waals surface area (Å²) in [5, 5.41) is 13.5. The fraction of sp³-hybridized carbons (Fsp3) is 0.583. The van der Waals surface area contributed by atoms with Gasteiger partial charge in [-0.05, 0) is 18.8 Å². The Hall–Kier alpha value is -1.63. The number of thiazole rings is 1. The van der Waals surface area contributed by atoms with Crippen LogP contribution in [0, 0.1) is 5.92 Å². The quantitative estimate of drug-likeness (QED) is 0.889. The number of hydrogen-bond acceptors (Lipinski definition) is 4. The maximum atomic E-state index is 12.0. The molecule has 2 rings (SSSR count). The number of hydrogen-bond donors (Lipinski definition) is 2. The average Bonchev–Trinajstić information content (AvgIpc) is 2.76. The SMILES string of the molecule is CC1CCN(C(=O)Nc2nc(CC(=O)O)cs2)CC1. The molecule has 1 aromatic rings. The number of nitrogens with one attached hydrogen (secondary N) is 1. The first kappa shape index (κ1) is 13.8. The molecule has 0 unspecified atom stereocenters. The van der Waals surface area contributed by atoms with Gasteiger partial charge in [-0.2, -0.15) is 0 Å². The molecular weight excluding hydrogens is 266 g/mol. The Kier molecular flexibility index (Phi) is 4.36. The first-order valence-corrected chi connectivity index (χ1v) is 7.14. The highest BCUT2D eigenvalue weighted by Gasteiger charge is 2.21. The van der Waals surface area contributed by atoms with Crippen LogP contribution in [-0.4, -0.2) is 40.1 Å². The van der Waals surface area contributed by atoms with Crippen LogP contribution in [0.3, 0.4) is 0 Å². The van der Waals surface area contributed by atoms with Gasteiger partial charge in [0.15, 0.2) is 5.13 Å². The number of rotatable bonds is 3. The molecule has 2 amide bonds. The molecule has 0 aromatic carbocycles. The zero-order valence-electron chi connectivity index (χ0n) is 10.8. The van der Waals surface area contributed by atoms with Crippen LogP contribution in [-0.2, 0) is 11.2 Å². The van der Waals surface area contributed by atoms with E-state index in [9.17, 15) is 9.59 Å². The highest BCUT2D eigenvalue weighted by Crippen LogP contribution is 2.19. The number of aliphatic carboxylic acids is 1. The summed E-state index contributed by atoms with van der Waals surface area (Å²) in [6.07, 6.45) is 1.93. The van der Waals surface area contributed by atoms with E-state index in [1.54, 1.807) is 10.3 Å². The van der Waals surface area contributed by atoms with Gasteiger partial charge in [-0.3, -0.25) is 10.1 Å². The first-order valence-electron chi connectivity index (χ1n) is 6.26. The van der Waals surface area contributed by atoms with Gasteiger partial charge in [-0.1, -0.05) is 6.92 Å². The van der Waals surface area contributed by atoms with E-state index in [0.29, 0.717) is 16.7 Å². The number of carbonyl (C=O) groups is 2. The largest absolute Gasteiger partial charge is 0.481 e.